The van der Waals surface area contributed by atoms with E-state index in [-0.39, 0.29) is 5.41 Å². The Morgan fingerprint density at radius 3 is 2.61 bits per heavy atom. The van der Waals surface area contributed by atoms with Gasteiger partial charge >= 0.3 is 0 Å². The van der Waals surface area contributed by atoms with Crippen molar-refractivity contribution in [1.82, 2.24) is 4.90 Å². The van der Waals surface area contributed by atoms with Crippen molar-refractivity contribution in [2.75, 3.05) is 13.1 Å². The van der Waals surface area contributed by atoms with E-state index in [0.717, 1.165) is 25.8 Å². The van der Waals surface area contributed by atoms with Crippen molar-refractivity contribution in [2.45, 2.75) is 65.8 Å². The van der Waals surface area contributed by atoms with Crippen molar-refractivity contribution in [3.05, 3.63) is 0 Å². The van der Waals surface area contributed by atoms with E-state index in [1.54, 1.807) is 0 Å². The van der Waals surface area contributed by atoms with Gasteiger partial charge in [0, 0.05) is 19.0 Å². The summed E-state index contributed by atoms with van der Waals surface area (Å²) in [5.74, 6) is 0.971. The molecule has 2 atom stereocenters. The third-order valence-corrected chi connectivity index (χ3v) is 4.53. The van der Waals surface area contributed by atoms with Gasteiger partial charge in [-0.1, -0.05) is 20.8 Å². The minimum Gasteiger partial charge on any atom is -0.340 e. The Kier molecular flexibility index (Phi) is 5.64. The van der Waals surface area contributed by atoms with Gasteiger partial charge in [-0.05, 0) is 50.5 Å². The van der Waals surface area contributed by atoms with Crippen LogP contribution in [0.4, 0.5) is 0 Å². The van der Waals surface area contributed by atoms with Crippen molar-refractivity contribution in [2.24, 2.45) is 17.1 Å². The number of nitrogens with two attached hydrogens (primary N) is 1. The third kappa shape index (κ3) is 4.27. The van der Waals surface area contributed by atoms with Crippen LogP contribution < -0.4 is 5.73 Å². The van der Waals surface area contributed by atoms with Crippen LogP contribution in [0, 0.1) is 11.3 Å². The van der Waals surface area contributed by atoms with Gasteiger partial charge in [0.15, 0.2) is 0 Å². The second kappa shape index (κ2) is 6.55. The Morgan fingerprint density at radius 1 is 1.33 bits per heavy atom. The van der Waals surface area contributed by atoms with Crippen LogP contribution in [-0.2, 0) is 4.79 Å². The van der Waals surface area contributed by atoms with Crippen LogP contribution >= 0.6 is 0 Å². The predicted octanol–water partition coefficient (Wildman–Crippen LogP) is 2.79. The highest BCUT2D eigenvalue weighted by Gasteiger charge is 2.29. The Bertz CT molecular complexity index is 276. The highest BCUT2D eigenvalue weighted by molar-refractivity contribution is 5.76. The van der Waals surface area contributed by atoms with Gasteiger partial charge in [-0.25, -0.2) is 0 Å². The summed E-state index contributed by atoms with van der Waals surface area (Å²) in [5, 5.41) is 0. The van der Waals surface area contributed by atoms with E-state index in [4.69, 9.17) is 5.73 Å². The van der Waals surface area contributed by atoms with Crippen LogP contribution in [-0.4, -0.2) is 29.9 Å². The van der Waals surface area contributed by atoms with Gasteiger partial charge in [0.1, 0.15) is 0 Å². The van der Waals surface area contributed by atoms with Gasteiger partial charge in [-0.2, -0.15) is 0 Å². The minimum absolute atomic E-state index is 0.190. The lowest BCUT2D eigenvalue weighted by molar-refractivity contribution is -0.136. The molecule has 0 saturated carbocycles. The van der Waals surface area contributed by atoms with Gasteiger partial charge in [-0.15, -0.1) is 0 Å². The molecule has 0 aliphatic carbocycles. The second-order valence-corrected chi connectivity index (χ2v) is 6.65. The van der Waals surface area contributed by atoms with Crippen LogP contribution in [0.3, 0.4) is 0 Å². The van der Waals surface area contributed by atoms with Gasteiger partial charge in [-0.3, -0.25) is 4.79 Å². The monoisotopic (exact) mass is 254 g/mol. The Morgan fingerprint density at radius 2 is 2.00 bits per heavy atom. The molecule has 0 aromatic carbocycles. The molecule has 0 bridgehead atoms. The first-order valence-corrected chi connectivity index (χ1v) is 7.37. The van der Waals surface area contributed by atoms with E-state index in [1.807, 2.05) is 0 Å². The molecule has 2 unspecified atom stereocenters. The quantitative estimate of drug-likeness (QED) is 0.820. The minimum atomic E-state index is 0.190. The van der Waals surface area contributed by atoms with Crippen molar-refractivity contribution in [1.29, 1.82) is 0 Å². The molecule has 0 radical (unpaired) electrons. The fraction of sp³-hybridized carbons (Fsp3) is 0.933. The maximum absolute atomic E-state index is 12.3. The van der Waals surface area contributed by atoms with Gasteiger partial charge in [0.25, 0.3) is 0 Å². The number of rotatable bonds is 5. The van der Waals surface area contributed by atoms with Crippen molar-refractivity contribution in [3.63, 3.8) is 0 Å². The molecule has 1 aliphatic heterocycles. The maximum atomic E-state index is 12.3. The van der Waals surface area contributed by atoms with Gasteiger partial charge in [0.2, 0.25) is 5.91 Å². The summed E-state index contributed by atoms with van der Waals surface area (Å²) >= 11 is 0. The first-order chi connectivity index (χ1) is 8.37. The average molecular weight is 254 g/mol. The molecule has 2 N–H and O–H groups in total. The van der Waals surface area contributed by atoms with Crippen LogP contribution in [0.15, 0.2) is 0 Å². The van der Waals surface area contributed by atoms with Gasteiger partial charge in [0.05, 0.1) is 0 Å². The SMILES string of the molecule is CC1CCCN(C(=O)CCC(C)(C)CCN)C1C. The fourth-order valence-electron chi connectivity index (χ4n) is 2.79. The molecule has 0 aromatic rings. The van der Waals surface area contributed by atoms with Crippen molar-refractivity contribution in [3.8, 4) is 0 Å². The van der Waals surface area contributed by atoms with E-state index in [2.05, 4.69) is 32.6 Å². The molecule has 0 spiro atoms. The molecule has 106 valence electrons. The number of nitrogens with zero attached hydrogens (tertiary/aromatic N) is 1. The smallest absolute Gasteiger partial charge is 0.222 e. The molecular formula is C15H30N2O. The number of carbonyl (C=O) groups excluding carboxylic acids is 1. The zero-order valence-electron chi connectivity index (χ0n) is 12.5. The molecule has 1 heterocycles. The summed E-state index contributed by atoms with van der Waals surface area (Å²) in [7, 11) is 0. The van der Waals surface area contributed by atoms with E-state index in [1.165, 1.54) is 6.42 Å². The van der Waals surface area contributed by atoms with Gasteiger partial charge < -0.3 is 10.6 Å². The standard InChI is InChI=1S/C15H30N2O/c1-12-6-5-11-17(13(12)2)14(18)7-8-15(3,4)9-10-16/h12-13H,5-11,16H2,1-4H3. The van der Waals surface area contributed by atoms with Crippen LogP contribution in [0.5, 0.6) is 0 Å². The topological polar surface area (TPSA) is 46.3 Å². The molecule has 1 fully saturated rings. The summed E-state index contributed by atoms with van der Waals surface area (Å²) in [6.45, 7) is 10.5. The van der Waals surface area contributed by atoms with Crippen LogP contribution in [0.1, 0.15) is 59.8 Å². The first-order valence-electron chi connectivity index (χ1n) is 7.37. The van der Waals surface area contributed by atoms with Crippen molar-refractivity contribution < 1.29 is 4.79 Å². The number of piperidine rings is 1. The molecule has 3 heteroatoms. The second-order valence-electron chi connectivity index (χ2n) is 6.65. The lowest BCUT2D eigenvalue weighted by Gasteiger charge is -2.38. The Balaban J connectivity index is 2.45. The zero-order valence-corrected chi connectivity index (χ0v) is 12.5. The van der Waals surface area contributed by atoms with E-state index in [0.29, 0.717) is 30.8 Å². The lowest BCUT2D eigenvalue weighted by Crippen LogP contribution is -2.46. The van der Waals surface area contributed by atoms with Crippen LogP contribution in [0.2, 0.25) is 0 Å². The summed E-state index contributed by atoms with van der Waals surface area (Å²) in [5.41, 5.74) is 5.80. The Hall–Kier alpha value is -0.570. The molecule has 1 amide bonds. The van der Waals surface area contributed by atoms with Crippen LogP contribution in [0.25, 0.3) is 0 Å². The predicted molar refractivity (Wildman–Crippen MR) is 76.3 cm³/mol. The zero-order chi connectivity index (χ0) is 13.8. The number of hydrogen-bond donors (Lipinski definition) is 1. The highest BCUT2D eigenvalue weighted by Crippen LogP contribution is 2.28. The lowest BCUT2D eigenvalue weighted by atomic mass is 9.84. The number of amides is 1. The fourth-order valence-corrected chi connectivity index (χ4v) is 2.79. The average Bonchev–Trinajstić information content (AvgIpc) is 2.30. The molecule has 1 saturated heterocycles. The van der Waals surface area contributed by atoms with E-state index < -0.39 is 0 Å². The summed E-state index contributed by atoms with van der Waals surface area (Å²) < 4.78 is 0. The third-order valence-electron chi connectivity index (χ3n) is 4.53. The number of hydrogen-bond acceptors (Lipinski definition) is 2. The summed E-state index contributed by atoms with van der Waals surface area (Å²) in [6.07, 6.45) is 5.02. The number of carbonyl (C=O) groups is 1. The largest absolute Gasteiger partial charge is 0.340 e. The normalized spacial score (nSPS) is 25.3. The highest BCUT2D eigenvalue weighted by atomic mass is 16.2. The Labute approximate surface area is 112 Å². The molecule has 1 rings (SSSR count). The summed E-state index contributed by atoms with van der Waals surface area (Å²) in [6, 6.07) is 0.406. The maximum Gasteiger partial charge on any atom is 0.222 e. The molecule has 3 nitrogen and oxygen atoms in total. The van der Waals surface area contributed by atoms with E-state index >= 15 is 0 Å². The van der Waals surface area contributed by atoms with Crippen molar-refractivity contribution >= 4 is 5.91 Å². The number of likely N-dealkylation sites (tertiary alicyclic amines) is 1. The first kappa shape index (κ1) is 15.5. The molecule has 18 heavy (non-hydrogen) atoms. The van der Waals surface area contributed by atoms with E-state index in [9.17, 15) is 4.79 Å². The molecule has 0 aromatic heterocycles. The molecular weight excluding hydrogens is 224 g/mol. The molecule has 1 aliphatic rings. The summed E-state index contributed by atoms with van der Waals surface area (Å²) in [4.78, 5) is 14.4.